The summed E-state index contributed by atoms with van der Waals surface area (Å²) in [5.41, 5.74) is 0. The van der Waals surface area contributed by atoms with Gasteiger partial charge in [0.15, 0.2) is 0 Å². The van der Waals surface area contributed by atoms with E-state index in [1.54, 1.807) is 0 Å². The molecular weight excluding hydrogens is 212 g/mol. The first-order valence-electron chi connectivity index (χ1n) is 5.75. The highest BCUT2D eigenvalue weighted by Gasteiger charge is 2.17. The largest absolute Gasteiger partial charge is 0.481 e. The Bertz CT molecular complexity index is 222. The van der Waals surface area contributed by atoms with Crippen molar-refractivity contribution >= 4 is 16.8 Å². The zero-order chi connectivity index (χ0) is 11.1. The molecule has 1 aliphatic rings. The molecule has 0 amide bonds. The molecule has 1 saturated carbocycles. The fraction of sp³-hybridized carbons (Fsp3) is 0.909. The lowest BCUT2D eigenvalue weighted by molar-refractivity contribution is -0.137. The summed E-state index contributed by atoms with van der Waals surface area (Å²) in [5, 5.41) is 8.43. The van der Waals surface area contributed by atoms with E-state index in [1.165, 1.54) is 25.7 Å². The first-order valence-corrected chi connectivity index (χ1v) is 7.24. The molecule has 0 saturated heterocycles. The van der Waals surface area contributed by atoms with Crippen molar-refractivity contribution in [3.8, 4) is 0 Å². The van der Waals surface area contributed by atoms with Crippen LogP contribution in [0.3, 0.4) is 0 Å². The van der Waals surface area contributed by atoms with Crippen LogP contribution in [0, 0.1) is 5.92 Å². The van der Waals surface area contributed by atoms with Gasteiger partial charge < -0.3 is 5.11 Å². The predicted molar refractivity (Wildman–Crippen MR) is 61.3 cm³/mol. The third-order valence-electron chi connectivity index (χ3n) is 2.91. The van der Waals surface area contributed by atoms with Crippen LogP contribution in [0.25, 0.3) is 0 Å². The Morgan fingerprint density at radius 1 is 1.27 bits per heavy atom. The van der Waals surface area contributed by atoms with Gasteiger partial charge in [0, 0.05) is 28.7 Å². The molecule has 1 N–H and O–H groups in total. The molecule has 0 aromatic heterocycles. The maximum atomic E-state index is 11.6. The van der Waals surface area contributed by atoms with Crippen molar-refractivity contribution < 1.29 is 14.1 Å². The second-order valence-corrected chi connectivity index (χ2v) is 5.93. The Morgan fingerprint density at radius 2 is 1.93 bits per heavy atom. The number of unbranched alkanes of at least 4 members (excludes halogenated alkanes) is 1. The van der Waals surface area contributed by atoms with Crippen LogP contribution in [0.2, 0.25) is 0 Å². The van der Waals surface area contributed by atoms with Crippen molar-refractivity contribution in [3.05, 3.63) is 0 Å². The van der Waals surface area contributed by atoms with Gasteiger partial charge in [0.25, 0.3) is 0 Å². The number of aliphatic carboxylic acids is 1. The SMILES string of the molecule is O=C(O)CCCCS(=O)CC1CCCC1. The standard InChI is InChI=1S/C11H20O3S/c12-11(13)7-3-4-8-15(14)9-10-5-1-2-6-10/h10H,1-9H2,(H,12,13). The van der Waals surface area contributed by atoms with Gasteiger partial charge in [-0.25, -0.2) is 0 Å². The van der Waals surface area contributed by atoms with E-state index in [0.717, 1.165) is 12.2 Å². The molecule has 1 unspecified atom stereocenters. The van der Waals surface area contributed by atoms with E-state index in [0.29, 0.717) is 18.1 Å². The van der Waals surface area contributed by atoms with Gasteiger partial charge in [-0.1, -0.05) is 12.8 Å². The minimum Gasteiger partial charge on any atom is -0.481 e. The van der Waals surface area contributed by atoms with Crippen molar-refractivity contribution in [1.82, 2.24) is 0 Å². The molecule has 15 heavy (non-hydrogen) atoms. The summed E-state index contributed by atoms with van der Waals surface area (Å²) in [6.45, 7) is 0. The number of hydrogen-bond donors (Lipinski definition) is 1. The van der Waals surface area contributed by atoms with Crippen molar-refractivity contribution in [2.24, 2.45) is 5.92 Å². The highest BCUT2D eigenvalue weighted by molar-refractivity contribution is 7.84. The molecule has 0 spiro atoms. The van der Waals surface area contributed by atoms with Crippen molar-refractivity contribution in [3.63, 3.8) is 0 Å². The zero-order valence-corrected chi connectivity index (χ0v) is 9.93. The van der Waals surface area contributed by atoms with Gasteiger partial charge in [0.2, 0.25) is 0 Å². The van der Waals surface area contributed by atoms with Crippen LogP contribution in [0.5, 0.6) is 0 Å². The number of rotatable bonds is 7. The highest BCUT2D eigenvalue weighted by Crippen LogP contribution is 2.25. The van der Waals surface area contributed by atoms with Crippen LogP contribution in [0.15, 0.2) is 0 Å². The molecular formula is C11H20O3S. The molecule has 0 radical (unpaired) electrons. The lowest BCUT2D eigenvalue weighted by Crippen LogP contribution is -2.10. The number of carboxylic acid groups (broad SMARTS) is 1. The Morgan fingerprint density at radius 3 is 2.53 bits per heavy atom. The third-order valence-corrected chi connectivity index (χ3v) is 4.50. The van der Waals surface area contributed by atoms with Crippen molar-refractivity contribution in [2.45, 2.75) is 44.9 Å². The van der Waals surface area contributed by atoms with Crippen LogP contribution in [-0.2, 0) is 15.6 Å². The molecule has 3 nitrogen and oxygen atoms in total. The van der Waals surface area contributed by atoms with Crippen LogP contribution >= 0.6 is 0 Å². The smallest absolute Gasteiger partial charge is 0.303 e. The monoisotopic (exact) mass is 232 g/mol. The van der Waals surface area contributed by atoms with E-state index in [9.17, 15) is 9.00 Å². The normalized spacial score (nSPS) is 19.2. The molecule has 4 heteroatoms. The average Bonchev–Trinajstić information content (AvgIpc) is 2.64. The van der Waals surface area contributed by atoms with Crippen LogP contribution in [0.4, 0.5) is 0 Å². The summed E-state index contributed by atoms with van der Waals surface area (Å²) in [6, 6.07) is 0. The van der Waals surface area contributed by atoms with Crippen LogP contribution in [-0.4, -0.2) is 26.8 Å². The minimum atomic E-state index is -0.753. The zero-order valence-electron chi connectivity index (χ0n) is 9.11. The van der Waals surface area contributed by atoms with Gasteiger partial charge in [-0.3, -0.25) is 9.00 Å². The Hall–Kier alpha value is -0.380. The van der Waals surface area contributed by atoms with Gasteiger partial charge in [-0.2, -0.15) is 0 Å². The summed E-state index contributed by atoms with van der Waals surface area (Å²) in [5.74, 6) is 1.44. The van der Waals surface area contributed by atoms with E-state index in [2.05, 4.69) is 0 Å². The summed E-state index contributed by atoms with van der Waals surface area (Å²) >= 11 is 0. The number of carboxylic acids is 1. The second-order valence-electron chi connectivity index (χ2n) is 4.31. The van der Waals surface area contributed by atoms with Gasteiger partial charge in [0.05, 0.1) is 0 Å². The van der Waals surface area contributed by atoms with E-state index in [4.69, 9.17) is 5.11 Å². The van der Waals surface area contributed by atoms with Gasteiger partial charge >= 0.3 is 5.97 Å². The average molecular weight is 232 g/mol. The third kappa shape index (κ3) is 5.92. The molecule has 0 heterocycles. The van der Waals surface area contributed by atoms with E-state index in [1.807, 2.05) is 0 Å². The Balaban J connectivity index is 2.00. The molecule has 0 aromatic rings. The summed E-state index contributed by atoms with van der Waals surface area (Å²) in [6.07, 6.45) is 6.71. The lowest BCUT2D eigenvalue weighted by atomic mass is 10.1. The predicted octanol–water partition coefficient (Wildman–Crippen LogP) is 2.18. The highest BCUT2D eigenvalue weighted by atomic mass is 32.2. The van der Waals surface area contributed by atoms with Crippen molar-refractivity contribution in [2.75, 3.05) is 11.5 Å². The molecule has 1 fully saturated rings. The van der Waals surface area contributed by atoms with Crippen LogP contribution in [0.1, 0.15) is 44.9 Å². The molecule has 1 atom stereocenters. The number of hydrogen-bond acceptors (Lipinski definition) is 2. The first-order chi connectivity index (χ1) is 7.18. The molecule has 1 aliphatic carbocycles. The minimum absolute atomic E-state index is 0.209. The summed E-state index contributed by atoms with van der Waals surface area (Å²) in [4.78, 5) is 10.2. The van der Waals surface area contributed by atoms with Gasteiger partial charge in [0.1, 0.15) is 0 Å². The molecule has 0 aromatic carbocycles. The van der Waals surface area contributed by atoms with Crippen LogP contribution < -0.4 is 0 Å². The lowest BCUT2D eigenvalue weighted by Gasteiger charge is -2.07. The van der Waals surface area contributed by atoms with Gasteiger partial charge in [-0.15, -0.1) is 0 Å². The second kappa shape index (κ2) is 6.99. The topological polar surface area (TPSA) is 54.4 Å². The summed E-state index contributed by atoms with van der Waals surface area (Å²) < 4.78 is 11.6. The van der Waals surface area contributed by atoms with E-state index < -0.39 is 16.8 Å². The first kappa shape index (κ1) is 12.7. The Labute approximate surface area is 93.7 Å². The number of carbonyl (C=O) groups is 1. The molecule has 0 bridgehead atoms. The molecule has 1 rings (SSSR count). The fourth-order valence-electron chi connectivity index (χ4n) is 2.06. The van der Waals surface area contributed by atoms with Gasteiger partial charge in [-0.05, 0) is 31.6 Å². The maximum absolute atomic E-state index is 11.6. The van der Waals surface area contributed by atoms with E-state index in [-0.39, 0.29) is 6.42 Å². The molecule has 88 valence electrons. The fourth-order valence-corrected chi connectivity index (χ4v) is 3.61. The van der Waals surface area contributed by atoms with Crippen molar-refractivity contribution in [1.29, 1.82) is 0 Å². The summed E-state index contributed by atoms with van der Waals surface area (Å²) in [7, 11) is -0.718. The Kier molecular flexibility index (Phi) is 5.91. The molecule has 0 aliphatic heterocycles. The van der Waals surface area contributed by atoms with E-state index >= 15 is 0 Å². The maximum Gasteiger partial charge on any atom is 0.303 e. The quantitative estimate of drug-likeness (QED) is 0.684.